The Morgan fingerprint density at radius 1 is 1.05 bits per heavy atom. The number of esters is 1. The molecule has 0 aliphatic heterocycles. The first-order chi connectivity index (χ1) is 10.4. The van der Waals surface area contributed by atoms with Gasteiger partial charge in [-0.25, -0.2) is 0 Å². The highest BCUT2D eigenvalue weighted by molar-refractivity contribution is 5.96. The molecule has 2 N–H and O–H groups in total. The fourth-order valence-corrected chi connectivity index (χ4v) is 1.54. The van der Waals surface area contributed by atoms with Gasteiger partial charge in [0.2, 0.25) is 0 Å². The van der Waals surface area contributed by atoms with E-state index in [0.717, 1.165) is 0 Å². The van der Waals surface area contributed by atoms with Gasteiger partial charge < -0.3 is 20.2 Å². The summed E-state index contributed by atoms with van der Waals surface area (Å²) in [7, 11) is 1.53. The molecule has 0 saturated heterocycles. The summed E-state index contributed by atoms with van der Waals surface area (Å²) in [6, 6.07) is 6.26. The van der Waals surface area contributed by atoms with E-state index in [9.17, 15) is 19.2 Å². The van der Waals surface area contributed by atoms with Crippen LogP contribution in [-0.4, -0.2) is 37.2 Å². The Labute approximate surface area is 128 Å². The van der Waals surface area contributed by atoms with Crippen molar-refractivity contribution < 1.29 is 23.9 Å². The van der Waals surface area contributed by atoms with E-state index in [1.165, 1.54) is 14.0 Å². The Balaban J connectivity index is 2.40. The van der Waals surface area contributed by atoms with E-state index in [4.69, 9.17) is 4.74 Å². The molecule has 0 aromatic heterocycles. The van der Waals surface area contributed by atoms with Crippen molar-refractivity contribution in [1.82, 2.24) is 5.32 Å². The topological polar surface area (TPSA) is 102 Å². The predicted molar refractivity (Wildman–Crippen MR) is 79.3 cm³/mol. The molecule has 0 atom stereocenters. The zero-order valence-corrected chi connectivity index (χ0v) is 12.5. The molecule has 0 fully saturated rings. The summed E-state index contributed by atoms with van der Waals surface area (Å²) in [6.07, 6.45) is 0.0604. The number of benzene rings is 1. The van der Waals surface area contributed by atoms with Crippen LogP contribution in [0.2, 0.25) is 0 Å². The molecule has 7 nitrogen and oxygen atoms in total. The molecule has 0 bridgehead atoms. The highest BCUT2D eigenvalue weighted by Crippen LogP contribution is 2.09. The van der Waals surface area contributed by atoms with Gasteiger partial charge in [0, 0.05) is 24.7 Å². The van der Waals surface area contributed by atoms with Crippen LogP contribution in [-0.2, 0) is 19.1 Å². The fourth-order valence-electron chi connectivity index (χ4n) is 1.54. The lowest BCUT2D eigenvalue weighted by Gasteiger charge is -2.07. The molecular weight excluding hydrogens is 288 g/mol. The minimum Gasteiger partial charge on any atom is -0.456 e. The Kier molecular flexibility index (Phi) is 6.75. The standard InChI is InChI=1S/C15H18N2O5/c1-10(18)3-8-14(20)22-9-13(19)17-12-6-4-11(5-7-12)15(21)16-2/h4-7H,3,8-9H2,1-2H3,(H,16,21)(H,17,19). The van der Waals surface area contributed by atoms with E-state index < -0.39 is 18.5 Å². The summed E-state index contributed by atoms with van der Waals surface area (Å²) in [5.41, 5.74) is 0.952. The molecule has 118 valence electrons. The molecule has 0 aliphatic carbocycles. The lowest BCUT2D eigenvalue weighted by atomic mass is 10.2. The van der Waals surface area contributed by atoms with Crippen molar-refractivity contribution in [3.63, 3.8) is 0 Å². The molecule has 7 heteroatoms. The second kappa shape index (κ2) is 8.56. The summed E-state index contributed by atoms with van der Waals surface area (Å²) in [6.45, 7) is 0.955. The average molecular weight is 306 g/mol. The molecule has 0 heterocycles. The van der Waals surface area contributed by atoms with Crippen molar-refractivity contribution in [1.29, 1.82) is 0 Å². The zero-order valence-electron chi connectivity index (χ0n) is 12.5. The molecule has 1 aromatic carbocycles. The lowest BCUT2D eigenvalue weighted by molar-refractivity contribution is -0.148. The first-order valence-electron chi connectivity index (χ1n) is 6.69. The van der Waals surface area contributed by atoms with Crippen LogP contribution in [0, 0.1) is 0 Å². The van der Waals surface area contributed by atoms with Crippen LogP contribution in [0.4, 0.5) is 5.69 Å². The third-order valence-corrected chi connectivity index (χ3v) is 2.70. The van der Waals surface area contributed by atoms with E-state index in [0.29, 0.717) is 11.3 Å². The highest BCUT2D eigenvalue weighted by Gasteiger charge is 2.09. The van der Waals surface area contributed by atoms with Gasteiger partial charge >= 0.3 is 5.97 Å². The minimum absolute atomic E-state index is 0.0383. The average Bonchev–Trinajstić information content (AvgIpc) is 2.50. The maximum Gasteiger partial charge on any atom is 0.306 e. The summed E-state index contributed by atoms with van der Waals surface area (Å²) in [4.78, 5) is 44.9. The van der Waals surface area contributed by atoms with Crippen molar-refractivity contribution in [3.05, 3.63) is 29.8 Å². The Bertz CT molecular complexity index is 566. The number of rotatable bonds is 7. The second-order valence-corrected chi connectivity index (χ2v) is 4.57. The van der Waals surface area contributed by atoms with Gasteiger partial charge in [-0.05, 0) is 31.2 Å². The van der Waals surface area contributed by atoms with Crippen LogP contribution >= 0.6 is 0 Å². The third kappa shape index (κ3) is 6.17. The van der Waals surface area contributed by atoms with E-state index in [2.05, 4.69) is 10.6 Å². The van der Waals surface area contributed by atoms with Gasteiger partial charge in [0.05, 0.1) is 6.42 Å². The van der Waals surface area contributed by atoms with Gasteiger partial charge in [-0.3, -0.25) is 14.4 Å². The quantitative estimate of drug-likeness (QED) is 0.729. The Hall–Kier alpha value is -2.70. The van der Waals surface area contributed by atoms with Crippen molar-refractivity contribution in [3.8, 4) is 0 Å². The van der Waals surface area contributed by atoms with Crippen molar-refractivity contribution in [2.75, 3.05) is 19.0 Å². The van der Waals surface area contributed by atoms with Gasteiger partial charge in [0.25, 0.3) is 11.8 Å². The number of carbonyl (C=O) groups excluding carboxylic acids is 4. The van der Waals surface area contributed by atoms with Crippen LogP contribution < -0.4 is 10.6 Å². The highest BCUT2D eigenvalue weighted by atomic mass is 16.5. The van der Waals surface area contributed by atoms with Gasteiger partial charge in [-0.1, -0.05) is 0 Å². The van der Waals surface area contributed by atoms with Crippen LogP contribution in [0.1, 0.15) is 30.1 Å². The molecule has 0 unspecified atom stereocenters. The summed E-state index contributed by atoms with van der Waals surface area (Å²) in [5, 5.41) is 5.02. The van der Waals surface area contributed by atoms with E-state index in [1.54, 1.807) is 24.3 Å². The summed E-state index contributed by atoms with van der Waals surface area (Å²) >= 11 is 0. The van der Waals surface area contributed by atoms with Crippen molar-refractivity contribution >= 4 is 29.3 Å². The molecule has 0 saturated carbocycles. The molecule has 2 amide bonds. The molecule has 0 spiro atoms. The lowest BCUT2D eigenvalue weighted by Crippen LogP contribution is -2.21. The number of hydrogen-bond acceptors (Lipinski definition) is 5. The third-order valence-electron chi connectivity index (χ3n) is 2.70. The SMILES string of the molecule is CNC(=O)c1ccc(NC(=O)COC(=O)CCC(C)=O)cc1. The molecule has 0 aliphatic rings. The van der Waals surface area contributed by atoms with E-state index in [-0.39, 0.29) is 24.5 Å². The maximum atomic E-state index is 11.6. The molecule has 1 aromatic rings. The first kappa shape index (κ1) is 17.4. The van der Waals surface area contributed by atoms with Gasteiger partial charge in [-0.2, -0.15) is 0 Å². The van der Waals surface area contributed by atoms with Crippen molar-refractivity contribution in [2.45, 2.75) is 19.8 Å². The van der Waals surface area contributed by atoms with E-state index >= 15 is 0 Å². The summed E-state index contributed by atoms with van der Waals surface area (Å²) < 4.78 is 4.74. The number of anilines is 1. The first-order valence-corrected chi connectivity index (χ1v) is 6.69. The Morgan fingerprint density at radius 2 is 1.68 bits per heavy atom. The largest absolute Gasteiger partial charge is 0.456 e. The number of Topliss-reactive ketones (excluding diaryl/α,β-unsaturated/α-hetero) is 1. The molecular formula is C15H18N2O5. The van der Waals surface area contributed by atoms with Gasteiger partial charge in [0.15, 0.2) is 6.61 Å². The van der Waals surface area contributed by atoms with Crippen LogP contribution in [0.25, 0.3) is 0 Å². The number of carbonyl (C=O) groups is 4. The smallest absolute Gasteiger partial charge is 0.306 e. The normalized spacial score (nSPS) is 9.73. The minimum atomic E-state index is -0.597. The van der Waals surface area contributed by atoms with E-state index in [1.807, 2.05) is 0 Å². The fraction of sp³-hybridized carbons (Fsp3) is 0.333. The molecule has 22 heavy (non-hydrogen) atoms. The summed E-state index contributed by atoms with van der Waals surface area (Å²) in [5.74, 6) is -1.43. The van der Waals surface area contributed by atoms with Gasteiger partial charge in [-0.15, -0.1) is 0 Å². The number of nitrogens with one attached hydrogen (secondary N) is 2. The van der Waals surface area contributed by atoms with Crippen LogP contribution in [0.3, 0.4) is 0 Å². The number of ether oxygens (including phenoxy) is 1. The Morgan fingerprint density at radius 3 is 2.23 bits per heavy atom. The number of hydrogen-bond donors (Lipinski definition) is 2. The van der Waals surface area contributed by atoms with Gasteiger partial charge in [0.1, 0.15) is 5.78 Å². The maximum absolute atomic E-state index is 11.6. The number of amides is 2. The number of ketones is 1. The monoisotopic (exact) mass is 306 g/mol. The van der Waals surface area contributed by atoms with Crippen LogP contribution in [0.5, 0.6) is 0 Å². The second-order valence-electron chi connectivity index (χ2n) is 4.57. The van der Waals surface area contributed by atoms with Crippen molar-refractivity contribution in [2.24, 2.45) is 0 Å². The zero-order chi connectivity index (χ0) is 16.5. The molecule has 1 rings (SSSR count). The molecule has 0 radical (unpaired) electrons. The predicted octanol–water partition coefficient (Wildman–Crippen LogP) is 0.897. The van der Waals surface area contributed by atoms with Crippen LogP contribution in [0.15, 0.2) is 24.3 Å².